The number of amides is 1. The molecular formula is C27H32F3NO3. The Morgan fingerprint density at radius 1 is 1.12 bits per heavy atom. The SMILES string of the molecule is CN1C(=O)C=C[C@]2(C)[C@H]3CC[C@]4(C)[C@@H](O)/C(=C/c5ccc(OC(F)(F)F)cc5)C[C@H]4[C@@H]3CC[C@@H]12. The van der Waals surface area contributed by atoms with Gasteiger partial charge >= 0.3 is 6.36 Å². The molecule has 0 unspecified atom stereocenters. The number of fused-ring (bicyclic) bond motifs is 5. The summed E-state index contributed by atoms with van der Waals surface area (Å²) in [5.74, 6) is 1.10. The summed E-state index contributed by atoms with van der Waals surface area (Å²) in [5.41, 5.74) is 1.44. The van der Waals surface area contributed by atoms with Crippen molar-refractivity contribution in [1.29, 1.82) is 0 Å². The van der Waals surface area contributed by atoms with E-state index in [9.17, 15) is 23.1 Å². The number of carbonyl (C=O) groups excluding carboxylic acids is 1. The lowest BCUT2D eigenvalue weighted by atomic mass is 9.48. The molecule has 0 aromatic heterocycles. The average Bonchev–Trinajstić information content (AvgIpc) is 3.02. The summed E-state index contributed by atoms with van der Waals surface area (Å²) in [5, 5.41) is 11.4. The van der Waals surface area contributed by atoms with Gasteiger partial charge in [-0.25, -0.2) is 0 Å². The summed E-state index contributed by atoms with van der Waals surface area (Å²) in [6.45, 7) is 4.49. The third-order valence-electron chi connectivity index (χ3n) is 9.46. The molecule has 0 radical (unpaired) electrons. The largest absolute Gasteiger partial charge is 0.573 e. The molecule has 3 fully saturated rings. The van der Waals surface area contributed by atoms with Crippen LogP contribution in [-0.4, -0.2) is 41.5 Å². The van der Waals surface area contributed by atoms with E-state index in [4.69, 9.17) is 0 Å². The molecule has 0 spiro atoms. The number of hydrogen-bond acceptors (Lipinski definition) is 3. The number of aliphatic hydroxyl groups is 1. The van der Waals surface area contributed by atoms with Crippen LogP contribution in [0.2, 0.25) is 0 Å². The molecule has 184 valence electrons. The third kappa shape index (κ3) is 3.67. The highest BCUT2D eigenvalue weighted by Gasteiger charge is 2.61. The Hall–Kier alpha value is -2.28. The van der Waals surface area contributed by atoms with Crippen LogP contribution in [0.25, 0.3) is 6.08 Å². The van der Waals surface area contributed by atoms with E-state index in [0.29, 0.717) is 17.8 Å². The van der Waals surface area contributed by atoms with E-state index in [-0.39, 0.29) is 28.5 Å². The summed E-state index contributed by atoms with van der Waals surface area (Å²) >= 11 is 0. The van der Waals surface area contributed by atoms with Gasteiger partial charge in [0.05, 0.1) is 6.10 Å². The minimum atomic E-state index is -4.71. The van der Waals surface area contributed by atoms with Crippen molar-refractivity contribution in [3.8, 4) is 5.75 Å². The van der Waals surface area contributed by atoms with Crippen molar-refractivity contribution >= 4 is 12.0 Å². The van der Waals surface area contributed by atoms with Crippen LogP contribution in [0, 0.1) is 28.6 Å². The molecule has 5 rings (SSSR count). The van der Waals surface area contributed by atoms with E-state index >= 15 is 0 Å². The van der Waals surface area contributed by atoms with Crippen LogP contribution < -0.4 is 4.74 Å². The van der Waals surface area contributed by atoms with E-state index in [1.807, 2.05) is 18.0 Å². The molecule has 0 bridgehead atoms. The van der Waals surface area contributed by atoms with Crippen molar-refractivity contribution in [2.75, 3.05) is 7.05 Å². The highest BCUT2D eigenvalue weighted by molar-refractivity contribution is 5.89. The first kappa shape index (κ1) is 23.5. The molecule has 3 aliphatic carbocycles. The Morgan fingerprint density at radius 2 is 1.82 bits per heavy atom. The number of benzene rings is 1. The van der Waals surface area contributed by atoms with Gasteiger partial charge in [-0.15, -0.1) is 13.2 Å². The minimum Gasteiger partial charge on any atom is -0.406 e. The van der Waals surface area contributed by atoms with E-state index in [1.54, 1.807) is 18.2 Å². The zero-order valence-corrected chi connectivity index (χ0v) is 19.8. The van der Waals surface area contributed by atoms with Gasteiger partial charge in [-0.1, -0.05) is 38.1 Å². The Labute approximate surface area is 198 Å². The van der Waals surface area contributed by atoms with Crippen LogP contribution in [0.15, 0.2) is 42.0 Å². The first-order valence-corrected chi connectivity index (χ1v) is 12.1. The highest BCUT2D eigenvalue weighted by atomic mass is 19.4. The predicted octanol–water partition coefficient (Wildman–Crippen LogP) is 5.58. The number of aliphatic hydroxyl groups excluding tert-OH is 1. The number of likely N-dealkylation sites (N-methyl/N-ethyl adjacent to an activating group) is 1. The van der Waals surface area contributed by atoms with Crippen LogP contribution in [0.5, 0.6) is 5.75 Å². The van der Waals surface area contributed by atoms with Crippen molar-refractivity contribution in [2.45, 2.75) is 64.5 Å². The lowest BCUT2D eigenvalue weighted by molar-refractivity contribution is -0.274. The van der Waals surface area contributed by atoms with Gasteiger partial charge in [0.25, 0.3) is 0 Å². The van der Waals surface area contributed by atoms with Crippen molar-refractivity contribution in [3.05, 3.63) is 47.6 Å². The van der Waals surface area contributed by atoms with E-state index in [0.717, 1.165) is 43.2 Å². The first-order valence-electron chi connectivity index (χ1n) is 12.1. The van der Waals surface area contributed by atoms with Gasteiger partial charge in [0.15, 0.2) is 0 Å². The van der Waals surface area contributed by atoms with E-state index < -0.39 is 12.5 Å². The maximum absolute atomic E-state index is 12.4. The number of carbonyl (C=O) groups is 1. The zero-order valence-electron chi connectivity index (χ0n) is 19.8. The molecule has 7 heteroatoms. The Kier molecular flexibility index (Phi) is 5.43. The van der Waals surface area contributed by atoms with Gasteiger partial charge < -0.3 is 14.7 Å². The molecule has 1 amide bonds. The fourth-order valence-corrected chi connectivity index (χ4v) is 7.72. The maximum atomic E-state index is 12.4. The smallest absolute Gasteiger partial charge is 0.406 e. The van der Waals surface area contributed by atoms with Gasteiger partial charge in [0.1, 0.15) is 5.75 Å². The van der Waals surface area contributed by atoms with Crippen molar-refractivity contribution in [2.24, 2.45) is 28.6 Å². The lowest BCUT2D eigenvalue weighted by Gasteiger charge is -2.59. The molecule has 1 N–H and O–H groups in total. The van der Waals surface area contributed by atoms with Crippen LogP contribution >= 0.6 is 0 Å². The Balaban J connectivity index is 1.40. The molecule has 1 heterocycles. The summed E-state index contributed by atoms with van der Waals surface area (Å²) in [6.07, 6.45) is 5.26. The van der Waals surface area contributed by atoms with Crippen LogP contribution in [0.3, 0.4) is 0 Å². The summed E-state index contributed by atoms with van der Waals surface area (Å²) < 4.78 is 41.3. The number of nitrogens with zero attached hydrogens (tertiary/aromatic N) is 1. The molecule has 1 aromatic rings. The molecular weight excluding hydrogens is 443 g/mol. The number of alkyl halides is 3. The van der Waals surface area contributed by atoms with Crippen molar-refractivity contribution in [1.82, 2.24) is 4.90 Å². The molecule has 7 atom stereocenters. The number of hydrogen-bond donors (Lipinski definition) is 1. The maximum Gasteiger partial charge on any atom is 0.573 e. The Morgan fingerprint density at radius 3 is 2.50 bits per heavy atom. The quantitative estimate of drug-likeness (QED) is 0.608. The summed E-state index contributed by atoms with van der Waals surface area (Å²) in [4.78, 5) is 14.2. The summed E-state index contributed by atoms with van der Waals surface area (Å²) in [7, 11) is 1.91. The average molecular weight is 476 g/mol. The van der Waals surface area contributed by atoms with Crippen LogP contribution in [-0.2, 0) is 4.79 Å². The van der Waals surface area contributed by atoms with Gasteiger partial charge in [-0.05, 0) is 79.2 Å². The molecule has 3 saturated carbocycles. The molecule has 1 aromatic carbocycles. The Bertz CT molecular complexity index is 1030. The van der Waals surface area contributed by atoms with Gasteiger partial charge in [0, 0.05) is 23.9 Å². The van der Waals surface area contributed by atoms with Crippen LogP contribution in [0.1, 0.15) is 51.5 Å². The predicted molar refractivity (Wildman–Crippen MR) is 123 cm³/mol. The topological polar surface area (TPSA) is 49.8 Å². The molecule has 1 aliphatic heterocycles. The monoisotopic (exact) mass is 475 g/mol. The van der Waals surface area contributed by atoms with Crippen LogP contribution in [0.4, 0.5) is 13.2 Å². The van der Waals surface area contributed by atoms with Gasteiger partial charge in [-0.3, -0.25) is 4.79 Å². The third-order valence-corrected chi connectivity index (χ3v) is 9.46. The number of rotatable bonds is 2. The van der Waals surface area contributed by atoms with Gasteiger partial charge in [-0.2, -0.15) is 0 Å². The normalized spacial score (nSPS) is 40.7. The molecule has 4 aliphatic rings. The second-order valence-corrected chi connectivity index (χ2v) is 11.1. The van der Waals surface area contributed by atoms with E-state index in [1.165, 1.54) is 12.1 Å². The van der Waals surface area contributed by atoms with Crippen molar-refractivity contribution < 1.29 is 27.8 Å². The standard InChI is InChI=1S/C27H32F3NO3/c1-25-13-11-23(32)31(3)22(25)9-8-19-20(25)10-12-26(2)21(19)15-17(24(26)33)14-16-4-6-18(7-5-16)34-27(28,29)30/h4-7,11,13-14,19-22,24,33H,8-10,12,15H2,1-3H3/b17-14+/t19-,20+,21+,22-,24+,25-,26+/m1/s1. The summed E-state index contributed by atoms with van der Waals surface area (Å²) in [6, 6.07) is 6.02. The highest BCUT2D eigenvalue weighted by Crippen LogP contribution is 2.65. The molecule has 0 saturated heterocycles. The fraction of sp³-hybridized carbons (Fsp3) is 0.593. The zero-order chi connectivity index (χ0) is 24.5. The lowest BCUT2D eigenvalue weighted by Crippen LogP contribution is -2.59. The molecule has 34 heavy (non-hydrogen) atoms. The van der Waals surface area contributed by atoms with E-state index in [2.05, 4.69) is 24.7 Å². The second-order valence-electron chi connectivity index (χ2n) is 11.1. The number of ether oxygens (including phenoxy) is 1. The first-order chi connectivity index (χ1) is 15.9. The second kappa shape index (κ2) is 7.87. The molecule has 4 nitrogen and oxygen atoms in total. The number of halogens is 3. The van der Waals surface area contributed by atoms with Gasteiger partial charge in [0.2, 0.25) is 5.91 Å². The van der Waals surface area contributed by atoms with Crippen molar-refractivity contribution in [3.63, 3.8) is 0 Å². The minimum absolute atomic E-state index is 0.0569. The fourth-order valence-electron chi connectivity index (χ4n) is 7.72.